The molecule has 5 heteroatoms. The summed E-state index contributed by atoms with van der Waals surface area (Å²) < 4.78 is 5.31. The second-order valence-corrected chi connectivity index (χ2v) is 5.41. The van der Waals surface area contributed by atoms with Crippen molar-refractivity contribution < 1.29 is 9.53 Å². The molecule has 1 heterocycles. The van der Waals surface area contributed by atoms with E-state index in [4.69, 9.17) is 4.74 Å². The van der Waals surface area contributed by atoms with E-state index in [1.807, 2.05) is 48.5 Å². The number of benzene rings is 2. The standard InChI is InChI=1S/C19H19N3O2/c1-24-18-8-3-2-5-14(18)9-10-19(23)22-16-7-4-6-15(11-16)17-12-20-13-21-17/h2-8,11-13H,9-10H2,1H3,(H,20,21)(H,22,23). The van der Waals surface area contributed by atoms with Crippen LogP contribution in [0, 0.1) is 0 Å². The Bertz CT molecular complexity index is 813. The molecule has 0 fully saturated rings. The van der Waals surface area contributed by atoms with Gasteiger partial charge in [-0.15, -0.1) is 0 Å². The van der Waals surface area contributed by atoms with E-state index in [9.17, 15) is 4.79 Å². The van der Waals surface area contributed by atoms with Gasteiger partial charge in [0.2, 0.25) is 5.91 Å². The molecular formula is C19H19N3O2. The van der Waals surface area contributed by atoms with Gasteiger partial charge in [0.15, 0.2) is 0 Å². The molecule has 0 aliphatic heterocycles. The molecule has 0 saturated carbocycles. The van der Waals surface area contributed by atoms with Gasteiger partial charge in [-0.05, 0) is 30.2 Å². The van der Waals surface area contributed by atoms with Crippen molar-refractivity contribution in [3.63, 3.8) is 0 Å². The fraction of sp³-hybridized carbons (Fsp3) is 0.158. The minimum Gasteiger partial charge on any atom is -0.496 e. The molecule has 0 unspecified atom stereocenters. The number of imidazole rings is 1. The zero-order chi connectivity index (χ0) is 16.8. The SMILES string of the molecule is COc1ccccc1CCC(=O)Nc1cccc(-c2cnc[nH]2)c1. The van der Waals surface area contributed by atoms with Crippen molar-refractivity contribution in [3.05, 3.63) is 66.6 Å². The summed E-state index contributed by atoms with van der Waals surface area (Å²) in [5.74, 6) is 0.786. The molecule has 0 aliphatic rings. The van der Waals surface area contributed by atoms with E-state index in [0.717, 1.165) is 28.3 Å². The van der Waals surface area contributed by atoms with Crippen LogP contribution in [0.15, 0.2) is 61.1 Å². The lowest BCUT2D eigenvalue weighted by Gasteiger charge is -2.09. The molecule has 0 radical (unpaired) electrons. The minimum absolute atomic E-state index is 0.0253. The number of rotatable bonds is 6. The lowest BCUT2D eigenvalue weighted by Crippen LogP contribution is -2.12. The highest BCUT2D eigenvalue weighted by Crippen LogP contribution is 2.21. The summed E-state index contributed by atoms with van der Waals surface area (Å²) in [6, 6.07) is 15.4. The molecule has 3 aromatic rings. The number of ether oxygens (including phenoxy) is 1. The Balaban J connectivity index is 1.62. The van der Waals surface area contributed by atoms with E-state index in [-0.39, 0.29) is 5.91 Å². The van der Waals surface area contributed by atoms with E-state index in [0.29, 0.717) is 12.8 Å². The molecule has 0 spiro atoms. The Morgan fingerprint density at radius 3 is 2.88 bits per heavy atom. The molecule has 0 saturated heterocycles. The number of hydrogen-bond donors (Lipinski definition) is 2. The molecule has 5 nitrogen and oxygen atoms in total. The van der Waals surface area contributed by atoms with Crippen molar-refractivity contribution in [2.75, 3.05) is 12.4 Å². The molecule has 2 aromatic carbocycles. The van der Waals surface area contributed by atoms with Crippen LogP contribution in [0.5, 0.6) is 5.75 Å². The minimum atomic E-state index is -0.0253. The molecule has 2 N–H and O–H groups in total. The lowest BCUT2D eigenvalue weighted by atomic mass is 10.1. The number of nitrogens with zero attached hydrogens (tertiary/aromatic N) is 1. The van der Waals surface area contributed by atoms with Gasteiger partial charge >= 0.3 is 0 Å². The largest absolute Gasteiger partial charge is 0.496 e. The fourth-order valence-corrected chi connectivity index (χ4v) is 2.56. The Kier molecular flexibility index (Phi) is 4.91. The van der Waals surface area contributed by atoms with Gasteiger partial charge in [0.1, 0.15) is 5.75 Å². The summed E-state index contributed by atoms with van der Waals surface area (Å²) in [7, 11) is 1.64. The van der Waals surface area contributed by atoms with E-state index in [2.05, 4.69) is 15.3 Å². The highest BCUT2D eigenvalue weighted by atomic mass is 16.5. The van der Waals surface area contributed by atoms with Crippen LogP contribution in [-0.4, -0.2) is 23.0 Å². The topological polar surface area (TPSA) is 67.0 Å². The first kappa shape index (κ1) is 15.8. The van der Waals surface area contributed by atoms with Gasteiger partial charge in [-0.3, -0.25) is 4.79 Å². The highest BCUT2D eigenvalue weighted by Gasteiger charge is 2.07. The molecule has 24 heavy (non-hydrogen) atoms. The maximum Gasteiger partial charge on any atom is 0.224 e. The van der Waals surface area contributed by atoms with Gasteiger partial charge in [-0.1, -0.05) is 30.3 Å². The second kappa shape index (κ2) is 7.46. The molecule has 3 rings (SSSR count). The quantitative estimate of drug-likeness (QED) is 0.728. The first-order valence-corrected chi connectivity index (χ1v) is 7.77. The van der Waals surface area contributed by atoms with E-state index < -0.39 is 0 Å². The lowest BCUT2D eigenvalue weighted by molar-refractivity contribution is -0.116. The van der Waals surface area contributed by atoms with Crippen LogP contribution in [0.4, 0.5) is 5.69 Å². The van der Waals surface area contributed by atoms with Crippen molar-refractivity contribution in [1.29, 1.82) is 0 Å². The number of aromatic nitrogens is 2. The number of aryl methyl sites for hydroxylation is 1. The molecule has 0 aliphatic carbocycles. The van der Waals surface area contributed by atoms with Crippen molar-refractivity contribution in [3.8, 4) is 17.0 Å². The van der Waals surface area contributed by atoms with Crippen molar-refractivity contribution in [2.24, 2.45) is 0 Å². The van der Waals surface area contributed by atoms with Gasteiger partial charge < -0.3 is 15.0 Å². The molecule has 0 atom stereocenters. The summed E-state index contributed by atoms with van der Waals surface area (Å²) in [6.45, 7) is 0. The monoisotopic (exact) mass is 321 g/mol. The van der Waals surface area contributed by atoms with Crippen LogP contribution in [0.1, 0.15) is 12.0 Å². The number of aromatic amines is 1. The second-order valence-electron chi connectivity index (χ2n) is 5.41. The summed E-state index contributed by atoms with van der Waals surface area (Å²) in [5.41, 5.74) is 3.70. The Hall–Kier alpha value is -3.08. The average Bonchev–Trinajstić information content (AvgIpc) is 3.15. The third kappa shape index (κ3) is 3.81. The predicted octanol–water partition coefficient (Wildman–Crippen LogP) is 3.66. The maximum absolute atomic E-state index is 12.2. The Morgan fingerprint density at radius 2 is 2.08 bits per heavy atom. The molecule has 1 aromatic heterocycles. The smallest absolute Gasteiger partial charge is 0.224 e. The van der Waals surface area contributed by atoms with Gasteiger partial charge in [-0.25, -0.2) is 4.98 Å². The number of nitrogens with one attached hydrogen (secondary N) is 2. The third-order valence-corrected chi connectivity index (χ3v) is 3.77. The highest BCUT2D eigenvalue weighted by molar-refractivity contribution is 5.91. The van der Waals surface area contributed by atoms with Crippen LogP contribution in [0.2, 0.25) is 0 Å². The predicted molar refractivity (Wildman–Crippen MR) is 94.0 cm³/mol. The number of H-pyrrole nitrogens is 1. The average molecular weight is 321 g/mol. The third-order valence-electron chi connectivity index (χ3n) is 3.77. The van der Waals surface area contributed by atoms with Crippen LogP contribution in [0.25, 0.3) is 11.3 Å². The summed E-state index contributed by atoms with van der Waals surface area (Å²) in [4.78, 5) is 19.3. The molecular weight excluding hydrogens is 302 g/mol. The molecule has 0 bridgehead atoms. The van der Waals surface area contributed by atoms with Gasteiger partial charge in [0, 0.05) is 17.7 Å². The van der Waals surface area contributed by atoms with Crippen LogP contribution in [0.3, 0.4) is 0 Å². The number of hydrogen-bond acceptors (Lipinski definition) is 3. The van der Waals surface area contributed by atoms with Gasteiger partial charge in [-0.2, -0.15) is 0 Å². The molecule has 122 valence electrons. The Labute approximate surface area is 140 Å². The normalized spacial score (nSPS) is 10.4. The maximum atomic E-state index is 12.2. The van der Waals surface area contributed by atoms with Gasteiger partial charge in [0.05, 0.1) is 25.3 Å². The zero-order valence-corrected chi connectivity index (χ0v) is 13.5. The summed E-state index contributed by atoms with van der Waals surface area (Å²) in [5, 5.41) is 2.94. The Morgan fingerprint density at radius 1 is 1.21 bits per heavy atom. The van der Waals surface area contributed by atoms with Crippen molar-refractivity contribution >= 4 is 11.6 Å². The van der Waals surface area contributed by atoms with E-state index in [1.54, 1.807) is 19.6 Å². The first-order chi connectivity index (χ1) is 11.8. The fourth-order valence-electron chi connectivity index (χ4n) is 2.56. The van der Waals surface area contributed by atoms with Gasteiger partial charge in [0.25, 0.3) is 0 Å². The number of anilines is 1. The van der Waals surface area contributed by atoms with E-state index in [1.165, 1.54) is 0 Å². The zero-order valence-electron chi connectivity index (χ0n) is 13.5. The van der Waals surface area contributed by atoms with Crippen LogP contribution >= 0.6 is 0 Å². The number of para-hydroxylation sites is 1. The van der Waals surface area contributed by atoms with Crippen LogP contribution < -0.4 is 10.1 Å². The number of amides is 1. The van der Waals surface area contributed by atoms with E-state index >= 15 is 0 Å². The van der Waals surface area contributed by atoms with Crippen molar-refractivity contribution in [2.45, 2.75) is 12.8 Å². The number of carbonyl (C=O) groups excluding carboxylic acids is 1. The summed E-state index contributed by atoms with van der Waals surface area (Å²) >= 11 is 0. The first-order valence-electron chi connectivity index (χ1n) is 7.77. The number of methoxy groups -OCH3 is 1. The molecule has 1 amide bonds. The summed E-state index contributed by atoms with van der Waals surface area (Å²) in [6.07, 6.45) is 4.42. The van der Waals surface area contributed by atoms with Crippen LogP contribution in [-0.2, 0) is 11.2 Å². The number of carbonyl (C=O) groups is 1. The van der Waals surface area contributed by atoms with Crippen molar-refractivity contribution in [1.82, 2.24) is 9.97 Å².